The Bertz CT molecular complexity index is 957. The first-order valence-corrected chi connectivity index (χ1v) is 9.46. The van der Waals surface area contributed by atoms with Gasteiger partial charge in [-0.1, -0.05) is 12.1 Å². The Kier molecular flexibility index (Phi) is 5.17. The Labute approximate surface area is 165 Å². The number of benzene rings is 2. The van der Waals surface area contributed by atoms with Gasteiger partial charge < -0.3 is 14.6 Å². The molecule has 0 radical (unpaired) electrons. The van der Waals surface area contributed by atoms with Crippen molar-refractivity contribution in [1.82, 2.24) is 10.3 Å². The summed E-state index contributed by atoms with van der Waals surface area (Å²) in [6, 6.07) is 12.5. The first kappa shape index (κ1) is 19.3. The topological polar surface area (TPSA) is 58.4 Å². The van der Waals surface area contributed by atoms with Gasteiger partial charge in [0.05, 0.1) is 5.56 Å². The Morgan fingerprint density at radius 3 is 2.45 bits per heavy atom. The molecule has 0 spiro atoms. The minimum atomic E-state index is -4.41. The lowest BCUT2D eigenvalue weighted by molar-refractivity contribution is -0.137. The van der Waals surface area contributed by atoms with Crippen LogP contribution in [0.25, 0.3) is 11.1 Å². The lowest BCUT2D eigenvalue weighted by Crippen LogP contribution is -2.38. The molecule has 1 saturated heterocycles. The quantitative estimate of drug-likeness (QED) is 0.697. The van der Waals surface area contributed by atoms with E-state index in [1.165, 1.54) is 12.1 Å². The molecule has 1 aliphatic rings. The predicted octanol–water partition coefficient (Wildman–Crippen LogP) is 4.49. The van der Waals surface area contributed by atoms with Crippen molar-refractivity contribution in [2.24, 2.45) is 5.92 Å². The van der Waals surface area contributed by atoms with Gasteiger partial charge in [0.25, 0.3) is 11.9 Å². The van der Waals surface area contributed by atoms with Gasteiger partial charge in [-0.3, -0.25) is 4.79 Å². The zero-order valence-electron chi connectivity index (χ0n) is 15.6. The largest absolute Gasteiger partial charge is 0.423 e. The van der Waals surface area contributed by atoms with Crippen molar-refractivity contribution in [2.45, 2.75) is 19.0 Å². The minimum Gasteiger partial charge on any atom is -0.423 e. The predicted molar refractivity (Wildman–Crippen MR) is 103 cm³/mol. The third-order valence-electron chi connectivity index (χ3n) is 5.19. The summed E-state index contributed by atoms with van der Waals surface area (Å²) in [7, 11) is 0. The van der Waals surface area contributed by atoms with Gasteiger partial charge in [-0.2, -0.15) is 18.2 Å². The lowest BCUT2D eigenvalue weighted by Gasteiger charge is -2.30. The molecule has 29 heavy (non-hydrogen) atoms. The van der Waals surface area contributed by atoms with Gasteiger partial charge >= 0.3 is 6.18 Å². The second-order valence-electron chi connectivity index (χ2n) is 7.18. The van der Waals surface area contributed by atoms with E-state index in [-0.39, 0.29) is 11.5 Å². The second kappa shape index (κ2) is 7.77. The summed E-state index contributed by atoms with van der Waals surface area (Å²) in [5.74, 6) is -0.0610. The molecule has 0 aliphatic carbocycles. The highest BCUT2D eigenvalue weighted by molar-refractivity contribution is 5.94. The first-order chi connectivity index (χ1) is 13.9. The van der Waals surface area contributed by atoms with E-state index in [0.29, 0.717) is 18.5 Å². The van der Waals surface area contributed by atoms with Crippen LogP contribution in [0.4, 0.5) is 19.2 Å². The fraction of sp³-hybridized carbons (Fsp3) is 0.333. The number of alkyl halides is 3. The van der Waals surface area contributed by atoms with E-state index in [0.717, 1.165) is 49.2 Å². The molecule has 8 heteroatoms. The molecule has 2 heterocycles. The summed E-state index contributed by atoms with van der Waals surface area (Å²) in [5, 5.41) is 2.83. The summed E-state index contributed by atoms with van der Waals surface area (Å²) in [4.78, 5) is 18.8. The molecule has 0 atom stereocenters. The molecule has 1 aliphatic heterocycles. The molecule has 0 bridgehead atoms. The van der Waals surface area contributed by atoms with Crippen LogP contribution in [-0.4, -0.2) is 30.5 Å². The summed E-state index contributed by atoms with van der Waals surface area (Å²) < 4.78 is 43.6. The SMILES string of the molecule is O=C(NCC1CCN(c2nc3ccccc3o2)CC1)c1ccc(C(F)(F)F)cc1. The number of carbonyl (C=O) groups excluding carboxylic acids is 1. The summed E-state index contributed by atoms with van der Waals surface area (Å²) in [6.45, 7) is 2.03. The molecule has 1 amide bonds. The molecule has 1 aromatic heterocycles. The highest BCUT2D eigenvalue weighted by atomic mass is 19.4. The van der Waals surface area contributed by atoms with Crippen LogP contribution in [-0.2, 0) is 6.18 Å². The number of halogens is 3. The number of anilines is 1. The normalized spacial score (nSPS) is 15.6. The third-order valence-corrected chi connectivity index (χ3v) is 5.19. The van der Waals surface area contributed by atoms with Crippen molar-refractivity contribution in [3.8, 4) is 0 Å². The molecule has 2 aromatic carbocycles. The van der Waals surface area contributed by atoms with Gasteiger partial charge in [0.2, 0.25) is 0 Å². The maximum Gasteiger partial charge on any atom is 0.416 e. The van der Waals surface area contributed by atoms with Crippen molar-refractivity contribution in [3.05, 3.63) is 59.7 Å². The number of nitrogens with zero attached hydrogens (tertiary/aromatic N) is 2. The van der Waals surface area contributed by atoms with Gasteiger partial charge in [-0.25, -0.2) is 0 Å². The molecular formula is C21H20F3N3O2. The van der Waals surface area contributed by atoms with Crippen molar-refractivity contribution >= 4 is 23.0 Å². The van der Waals surface area contributed by atoms with Crippen LogP contribution in [0.3, 0.4) is 0 Å². The van der Waals surface area contributed by atoms with Crippen LogP contribution >= 0.6 is 0 Å². The van der Waals surface area contributed by atoms with Crippen molar-refractivity contribution in [2.75, 3.05) is 24.5 Å². The number of fused-ring (bicyclic) bond motifs is 1. The van der Waals surface area contributed by atoms with Crippen LogP contribution in [0.15, 0.2) is 52.9 Å². The van der Waals surface area contributed by atoms with Gasteiger partial charge in [0, 0.05) is 25.2 Å². The Morgan fingerprint density at radius 2 is 1.79 bits per heavy atom. The van der Waals surface area contributed by atoms with Gasteiger partial charge in [-0.15, -0.1) is 0 Å². The molecule has 0 unspecified atom stereocenters. The molecule has 152 valence electrons. The van der Waals surface area contributed by atoms with E-state index in [9.17, 15) is 18.0 Å². The van der Waals surface area contributed by atoms with Crippen molar-refractivity contribution < 1.29 is 22.4 Å². The van der Waals surface area contributed by atoms with E-state index in [4.69, 9.17) is 4.42 Å². The number of nitrogens with one attached hydrogen (secondary N) is 1. The molecule has 4 rings (SSSR count). The van der Waals surface area contributed by atoms with E-state index in [1.807, 2.05) is 24.3 Å². The van der Waals surface area contributed by atoms with E-state index in [1.54, 1.807) is 0 Å². The highest BCUT2D eigenvalue weighted by Gasteiger charge is 2.30. The Hall–Kier alpha value is -3.03. The van der Waals surface area contributed by atoms with Crippen LogP contribution in [0, 0.1) is 5.92 Å². The maximum atomic E-state index is 12.6. The van der Waals surface area contributed by atoms with Crippen LogP contribution in [0.2, 0.25) is 0 Å². The summed E-state index contributed by atoms with van der Waals surface area (Å²) in [5.41, 5.74) is 1.05. The van der Waals surface area contributed by atoms with Crippen molar-refractivity contribution in [1.29, 1.82) is 0 Å². The van der Waals surface area contributed by atoms with Crippen LogP contribution in [0.5, 0.6) is 0 Å². The number of hydrogen-bond acceptors (Lipinski definition) is 4. The number of amides is 1. The average Bonchev–Trinajstić information content (AvgIpc) is 3.16. The second-order valence-corrected chi connectivity index (χ2v) is 7.18. The number of aromatic nitrogens is 1. The minimum absolute atomic E-state index is 0.224. The summed E-state index contributed by atoms with van der Waals surface area (Å²) in [6.07, 6.45) is -2.67. The van der Waals surface area contributed by atoms with Crippen molar-refractivity contribution in [3.63, 3.8) is 0 Å². The van der Waals surface area contributed by atoms with Gasteiger partial charge in [0.15, 0.2) is 5.58 Å². The van der Waals surface area contributed by atoms with Crippen LogP contribution < -0.4 is 10.2 Å². The lowest BCUT2D eigenvalue weighted by atomic mass is 9.97. The van der Waals surface area contributed by atoms with Gasteiger partial charge in [-0.05, 0) is 55.2 Å². The fourth-order valence-electron chi connectivity index (χ4n) is 3.47. The van der Waals surface area contributed by atoms with E-state index >= 15 is 0 Å². The number of piperidine rings is 1. The van der Waals surface area contributed by atoms with E-state index < -0.39 is 11.7 Å². The van der Waals surface area contributed by atoms with Gasteiger partial charge in [0.1, 0.15) is 5.52 Å². The third kappa shape index (κ3) is 4.36. The molecule has 1 fully saturated rings. The Balaban J connectivity index is 1.28. The summed E-state index contributed by atoms with van der Waals surface area (Å²) >= 11 is 0. The number of carbonyl (C=O) groups is 1. The first-order valence-electron chi connectivity index (χ1n) is 9.46. The number of rotatable bonds is 4. The Morgan fingerprint density at radius 1 is 1.10 bits per heavy atom. The number of oxazole rings is 1. The highest BCUT2D eigenvalue weighted by Crippen LogP contribution is 2.29. The monoisotopic (exact) mass is 403 g/mol. The zero-order valence-corrected chi connectivity index (χ0v) is 15.6. The smallest absolute Gasteiger partial charge is 0.416 e. The molecule has 0 saturated carbocycles. The zero-order chi connectivity index (χ0) is 20.4. The van der Waals surface area contributed by atoms with Crippen LogP contribution in [0.1, 0.15) is 28.8 Å². The molecule has 5 nitrogen and oxygen atoms in total. The number of para-hydroxylation sites is 2. The molecule has 3 aromatic rings. The fourth-order valence-corrected chi connectivity index (χ4v) is 3.47. The average molecular weight is 403 g/mol. The molecular weight excluding hydrogens is 383 g/mol. The van der Waals surface area contributed by atoms with E-state index in [2.05, 4.69) is 15.2 Å². The molecule has 1 N–H and O–H groups in total. The maximum absolute atomic E-state index is 12.6. The number of hydrogen-bond donors (Lipinski definition) is 1. The standard InChI is InChI=1S/C21H20F3N3O2/c22-21(23,24)16-7-5-15(6-8-16)19(28)25-13-14-9-11-27(12-10-14)20-26-17-3-1-2-4-18(17)29-20/h1-8,14H,9-13H2,(H,25,28).